The summed E-state index contributed by atoms with van der Waals surface area (Å²) in [6.45, 7) is 0.759. The first-order valence-corrected chi connectivity index (χ1v) is 7.04. The Morgan fingerprint density at radius 1 is 1.50 bits per heavy atom. The molecule has 0 spiro atoms. The van der Waals surface area contributed by atoms with Crippen molar-refractivity contribution in [3.63, 3.8) is 0 Å². The van der Waals surface area contributed by atoms with Gasteiger partial charge in [-0.15, -0.1) is 0 Å². The van der Waals surface area contributed by atoms with Gasteiger partial charge in [-0.25, -0.2) is 4.98 Å². The Bertz CT molecular complexity index is 490. The summed E-state index contributed by atoms with van der Waals surface area (Å²) in [5.74, 6) is 0.915. The van der Waals surface area contributed by atoms with E-state index >= 15 is 0 Å². The maximum Gasteiger partial charge on any atom is 0.306 e. The predicted octanol–water partition coefficient (Wildman–Crippen LogP) is 2.49. The van der Waals surface area contributed by atoms with E-state index in [1.54, 1.807) is 18.3 Å². The summed E-state index contributed by atoms with van der Waals surface area (Å²) in [4.78, 5) is 15.7. The molecule has 0 aliphatic heterocycles. The Morgan fingerprint density at radius 2 is 2.30 bits per heavy atom. The highest BCUT2D eigenvalue weighted by molar-refractivity contribution is 5.69. The predicted molar refractivity (Wildman–Crippen MR) is 75.0 cm³/mol. The molecular formula is C15H19N3O2. The molecule has 106 valence electrons. The minimum atomic E-state index is -0.125. The summed E-state index contributed by atoms with van der Waals surface area (Å²) < 4.78 is 5.19. The van der Waals surface area contributed by atoms with Gasteiger partial charge in [0.25, 0.3) is 0 Å². The standard InChI is InChI=1S/C15H19N3O2/c16-11-13-6-3-7-17-15(13)18-8-9-20-14(19)10-12-4-1-2-5-12/h3,6-7,12H,1-2,4-5,8-10H2,(H,17,18). The van der Waals surface area contributed by atoms with Crippen molar-refractivity contribution in [1.29, 1.82) is 5.26 Å². The molecule has 1 N–H and O–H groups in total. The van der Waals surface area contributed by atoms with Crippen LogP contribution in [-0.2, 0) is 9.53 Å². The number of pyridine rings is 1. The molecule has 2 rings (SSSR count). The van der Waals surface area contributed by atoms with Gasteiger partial charge in [0, 0.05) is 12.6 Å². The zero-order valence-corrected chi connectivity index (χ0v) is 11.5. The molecule has 0 atom stereocenters. The summed E-state index contributed by atoms with van der Waals surface area (Å²) in [6.07, 6.45) is 6.91. The normalized spacial score (nSPS) is 14.8. The molecule has 1 fully saturated rings. The SMILES string of the molecule is N#Cc1cccnc1NCCOC(=O)CC1CCCC1. The van der Waals surface area contributed by atoms with Crippen LogP contribution in [0.3, 0.4) is 0 Å². The lowest BCUT2D eigenvalue weighted by Crippen LogP contribution is -2.16. The van der Waals surface area contributed by atoms with Gasteiger partial charge in [-0.1, -0.05) is 12.8 Å². The minimum Gasteiger partial charge on any atom is -0.464 e. The van der Waals surface area contributed by atoms with Crippen molar-refractivity contribution in [2.75, 3.05) is 18.5 Å². The highest BCUT2D eigenvalue weighted by Gasteiger charge is 2.18. The third-order valence-corrected chi connectivity index (χ3v) is 3.52. The fourth-order valence-electron chi connectivity index (χ4n) is 2.48. The number of nitriles is 1. The second-order valence-electron chi connectivity index (χ2n) is 5.01. The van der Waals surface area contributed by atoms with Gasteiger partial charge in [0.2, 0.25) is 0 Å². The highest BCUT2D eigenvalue weighted by atomic mass is 16.5. The number of anilines is 1. The summed E-state index contributed by atoms with van der Waals surface area (Å²) in [6, 6.07) is 5.47. The van der Waals surface area contributed by atoms with Crippen LogP contribution in [0.1, 0.15) is 37.7 Å². The summed E-state index contributed by atoms with van der Waals surface area (Å²) in [5, 5.41) is 11.9. The molecule has 1 saturated carbocycles. The van der Waals surface area contributed by atoms with Gasteiger partial charge in [0.05, 0.1) is 12.1 Å². The van der Waals surface area contributed by atoms with Crippen molar-refractivity contribution < 1.29 is 9.53 Å². The number of ether oxygens (including phenoxy) is 1. The number of carbonyl (C=O) groups is 1. The molecule has 0 aromatic carbocycles. The third kappa shape index (κ3) is 4.23. The Hall–Kier alpha value is -2.09. The second-order valence-corrected chi connectivity index (χ2v) is 5.01. The number of esters is 1. The zero-order valence-electron chi connectivity index (χ0n) is 11.5. The Kier molecular flexibility index (Phi) is 5.36. The second kappa shape index (κ2) is 7.49. The lowest BCUT2D eigenvalue weighted by atomic mass is 10.1. The van der Waals surface area contributed by atoms with Crippen molar-refractivity contribution in [2.24, 2.45) is 5.92 Å². The number of carbonyl (C=O) groups excluding carboxylic acids is 1. The van der Waals surface area contributed by atoms with Crippen LogP contribution >= 0.6 is 0 Å². The largest absolute Gasteiger partial charge is 0.464 e. The molecule has 20 heavy (non-hydrogen) atoms. The van der Waals surface area contributed by atoms with Crippen molar-refractivity contribution >= 4 is 11.8 Å². The number of aromatic nitrogens is 1. The van der Waals surface area contributed by atoms with Crippen LogP contribution in [0.25, 0.3) is 0 Å². The average molecular weight is 273 g/mol. The number of hydrogen-bond acceptors (Lipinski definition) is 5. The minimum absolute atomic E-state index is 0.125. The van der Waals surface area contributed by atoms with Crippen molar-refractivity contribution in [1.82, 2.24) is 4.98 Å². The first-order valence-electron chi connectivity index (χ1n) is 7.04. The molecule has 5 nitrogen and oxygen atoms in total. The topological polar surface area (TPSA) is 75.0 Å². The van der Waals surface area contributed by atoms with Gasteiger partial charge >= 0.3 is 5.97 Å². The molecular weight excluding hydrogens is 254 g/mol. The van der Waals surface area contributed by atoms with Crippen LogP contribution in [0.5, 0.6) is 0 Å². The molecule has 1 aliphatic rings. The first kappa shape index (κ1) is 14.3. The summed E-state index contributed by atoms with van der Waals surface area (Å²) >= 11 is 0. The lowest BCUT2D eigenvalue weighted by molar-refractivity contribution is -0.144. The number of hydrogen-bond donors (Lipinski definition) is 1. The Balaban J connectivity index is 1.66. The summed E-state index contributed by atoms with van der Waals surface area (Å²) in [5.41, 5.74) is 0.491. The van der Waals surface area contributed by atoms with Gasteiger partial charge in [-0.05, 0) is 30.9 Å². The maximum absolute atomic E-state index is 11.6. The van der Waals surface area contributed by atoms with E-state index in [2.05, 4.69) is 16.4 Å². The first-order chi connectivity index (χ1) is 9.79. The molecule has 0 radical (unpaired) electrons. The van der Waals surface area contributed by atoms with Crippen LogP contribution in [0.2, 0.25) is 0 Å². The average Bonchev–Trinajstić information content (AvgIpc) is 2.97. The molecule has 0 saturated heterocycles. The van der Waals surface area contributed by atoms with Gasteiger partial charge < -0.3 is 10.1 Å². The van der Waals surface area contributed by atoms with E-state index in [-0.39, 0.29) is 5.97 Å². The van der Waals surface area contributed by atoms with E-state index in [4.69, 9.17) is 10.00 Å². The smallest absolute Gasteiger partial charge is 0.306 e. The molecule has 1 aliphatic carbocycles. The van der Waals surface area contributed by atoms with Gasteiger partial charge in [0.1, 0.15) is 18.5 Å². The highest BCUT2D eigenvalue weighted by Crippen LogP contribution is 2.27. The Labute approximate surface area is 119 Å². The van der Waals surface area contributed by atoms with Crippen LogP contribution in [-0.4, -0.2) is 24.1 Å². The quantitative estimate of drug-likeness (QED) is 0.636. The van der Waals surface area contributed by atoms with Crippen LogP contribution in [0.15, 0.2) is 18.3 Å². The molecule has 5 heteroatoms. The van der Waals surface area contributed by atoms with Gasteiger partial charge in [-0.3, -0.25) is 4.79 Å². The van der Waals surface area contributed by atoms with Gasteiger partial charge in [0.15, 0.2) is 0 Å². The van der Waals surface area contributed by atoms with Crippen LogP contribution in [0.4, 0.5) is 5.82 Å². The fraction of sp³-hybridized carbons (Fsp3) is 0.533. The zero-order chi connectivity index (χ0) is 14.2. The van der Waals surface area contributed by atoms with E-state index < -0.39 is 0 Å². The van der Waals surface area contributed by atoms with Crippen LogP contribution in [0, 0.1) is 17.2 Å². The molecule has 1 aromatic rings. The van der Waals surface area contributed by atoms with E-state index in [9.17, 15) is 4.79 Å². The van der Waals surface area contributed by atoms with E-state index in [1.807, 2.05) is 0 Å². The van der Waals surface area contributed by atoms with E-state index in [0.29, 0.717) is 36.9 Å². The summed E-state index contributed by atoms with van der Waals surface area (Å²) in [7, 11) is 0. The molecule has 1 aromatic heterocycles. The number of nitrogens with one attached hydrogen (secondary N) is 1. The van der Waals surface area contributed by atoms with E-state index in [1.165, 1.54) is 12.8 Å². The molecule has 0 amide bonds. The molecule has 0 unspecified atom stereocenters. The fourth-order valence-corrected chi connectivity index (χ4v) is 2.48. The van der Waals surface area contributed by atoms with Gasteiger partial charge in [-0.2, -0.15) is 5.26 Å². The maximum atomic E-state index is 11.6. The molecule has 1 heterocycles. The van der Waals surface area contributed by atoms with E-state index in [0.717, 1.165) is 12.8 Å². The third-order valence-electron chi connectivity index (χ3n) is 3.52. The lowest BCUT2D eigenvalue weighted by Gasteiger charge is -2.10. The Morgan fingerprint density at radius 3 is 3.05 bits per heavy atom. The molecule has 0 bridgehead atoms. The number of rotatable bonds is 6. The monoisotopic (exact) mass is 273 g/mol. The van der Waals surface area contributed by atoms with Crippen LogP contribution < -0.4 is 5.32 Å². The van der Waals surface area contributed by atoms with Crippen molar-refractivity contribution in [3.8, 4) is 6.07 Å². The van der Waals surface area contributed by atoms with Crippen molar-refractivity contribution in [2.45, 2.75) is 32.1 Å². The number of nitrogens with zero attached hydrogens (tertiary/aromatic N) is 2. The van der Waals surface area contributed by atoms with Crippen molar-refractivity contribution in [3.05, 3.63) is 23.9 Å².